The molecule has 21 heavy (non-hydrogen) atoms. The number of aromatic nitrogens is 1. The fourth-order valence-electron chi connectivity index (χ4n) is 2.98. The predicted octanol–water partition coefficient (Wildman–Crippen LogP) is 2.18. The van der Waals surface area contributed by atoms with Gasteiger partial charge in [-0.2, -0.15) is 0 Å². The topological polar surface area (TPSA) is 54.3 Å². The van der Waals surface area contributed by atoms with Crippen molar-refractivity contribution < 1.29 is 9.59 Å². The van der Waals surface area contributed by atoms with Crippen LogP contribution in [0.2, 0.25) is 0 Å². The van der Waals surface area contributed by atoms with Crippen LogP contribution in [0.1, 0.15) is 42.2 Å². The maximum absolute atomic E-state index is 12.7. The van der Waals surface area contributed by atoms with Gasteiger partial charge in [-0.3, -0.25) is 9.59 Å². The summed E-state index contributed by atoms with van der Waals surface area (Å²) in [4.78, 5) is 26.2. The summed E-state index contributed by atoms with van der Waals surface area (Å²) >= 11 is 3.46. The van der Waals surface area contributed by atoms with Crippen molar-refractivity contribution in [2.45, 2.75) is 31.7 Å². The minimum Gasteiger partial charge on any atom is -0.359 e. The van der Waals surface area contributed by atoms with Crippen LogP contribution in [-0.4, -0.2) is 41.4 Å². The quantitative estimate of drug-likeness (QED) is 0.905. The Morgan fingerprint density at radius 3 is 2.48 bits per heavy atom. The summed E-state index contributed by atoms with van der Waals surface area (Å²) in [6, 6.07) is 2.39. The Hall–Kier alpha value is -1.30. The van der Waals surface area contributed by atoms with Gasteiger partial charge in [-0.25, -0.2) is 0 Å². The van der Waals surface area contributed by atoms with Gasteiger partial charge in [-0.15, -0.1) is 0 Å². The highest BCUT2D eigenvalue weighted by atomic mass is 79.9. The largest absolute Gasteiger partial charge is 0.359 e. The Kier molecular flexibility index (Phi) is 4.06. The molecular formula is C15H20BrN3O2. The third-order valence-electron chi connectivity index (χ3n) is 4.37. The molecule has 1 aromatic rings. The Morgan fingerprint density at radius 2 is 1.90 bits per heavy atom. The number of rotatable bonds is 3. The van der Waals surface area contributed by atoms with Crippen molar-refractivity contribution in [1.29, 1.82) is 0 Å². The fraction of sp³-hybridized carbons (Fsp3) is 0.600. The van der Waals surface area contributed by atoms with Crippen molar-refractivity contribution in [3.63, 3.8) is 0 Å². The highest BCUT2D eigenvalue weighted by Crippen LogP contribution is 2.38. The molecule has 1 aliphatic carbocycles. The molecule has 1 saturated heterocycles. The van der Waals surface area contributed by atoms with Gasteiger partial charge in [0, 0.05) is 42.8 Å². The molecule has 0 atom stereocenters. The van der Waals surface area contributed by atoms with Crippen molar-refractivity contribution in [1.82, 2.24) is 14.8 Å². The predicted molar refractivity (Wildman–Crippen MR) is 83.1 cm³/mol. The average Bonchev–Trinajstić information content (AvgIpc) is 3.28. The second-order valence-corrected chi connectivity index (χ2v) is 6.78. The first-order valence-corrected chi connectivity index (χ1v) is 8.27. The van der Waals surface area contributed by atoms with E-state index in [-0.39, 0.29) is 17.7 Å². The molecule has 2 fully saturated rings. The highest BCUT2D eigenvalue weighted by Gasteiger charge is 2.32. The molecule has 1 aromatic heterocycles. The van der Waals surface area contributed by atoms with E-state index in [1.54, 1.807) is 7.05 Å². The SMILES string of the molecule is CNC(=O)C1CCN(C(=O)c2cc(Br)cn2C2CC2)CC1. The summed E-state index contributed by atoms with van der Waals surface area (Å²) in [5.41, 5.74) is 0.766. The van der Waals surface area contributed by atoms with E-state index in [1.165, 1.54) is 0 Å². The maximum Gasteiger partial charge on any atom is 0.270 e. The van der Waals surface area contributed by atoms with Gasteiger partial charge in [0.15, 0.2) is 0 Å². The molecular weight excluding hydrogens is 334 g/mol. The second-order valence-electron chi connectivity index (χ2n) is 5.86. The van der Waals surface area contributed by atoms with Crippen molar-refractivity contribution in [3.05, 3.63) is 22.4 Å². The van der Waals surface area contributed by atoms with Crippen LogP contribution in [0.3, 0.4) is 0 Å². The fourth-order valence-corrected chi connectivity index (χ4v) is 3.42. The van der Waals surface area contributed by atoms with Gasteiger partial charge in [-0.05, 0) is 47.7 Å². The molecule has 2 amide bonds. The van der Waals surface area contributed by atoms with Crippen LogP contribution in [0, 0.1) is 5.92 Å². The zero-order chi connectivity index (χ0) is 15.0. The van der Waals surface area contributed by atoms with E-state index < -0.39 is 0 Å². The molecule has 2 aliphatic rings. The number of hydrogen-bond acceptors (Lipinski definition) is 2. The Morgan fingerprint density at radius 1 is 1.24 bits per heavy atom. The third kappa shape index (κ3) is 3.00. The molecule has 0 aromatic carbocycles. The van der Waals surface area contributed by atoms with Crippen LogP contribution >= 0.6 is 15.9 Å². The third-order valence-corrected chi connectivity index (χ3v) is 4.81. The average molecular weight is 354 g/mol. The molecule has 0 spiro atoms. The monoisotopic (exact) mass is 353 g/mol. The van der Waals surface area contributed by atoms with Crippen LogP contribution < -0.4 is 5.32 Å². The zero-order valence-electron chi connectivity index (χ0n) is 12.1. The van der Waals surface area contributed by atoms with Gasteiger partial charge >= 0.3 is 0 Å². The van der Waals surface area contributed by atoms with E-state index in [2.05, 4.69) is 25.8 Å². The molecule has 3 rings (SSSR count). The number of carbonyl (C=O) groups excluding carboxylic acids is 2. The molecule has 114 valence electrons. The summed E-state index contributed by atoms with van der Waals surface area (Å²) in [6.07, 6.45) is 5.80. The van der Waals surface area contributed by atoms with Crippen molar-refractivity contribution in [2.24, 2.45) is 5.92 Å². The lowest BCUT2D eigenvalue weighted by atomic mass is 9.96. The van der Waals surface area contributed by atoms with Gasteiger partial charge in [0.2, 0.25) is 5.91 Å². The summed E-state index contributed by atoms with van der Waals surface area (Å²) in [6.45, 7) is 1.31. The second kappa shape index (κ2) is 5.83. The van der Waals surface area contributed by atoms with Crippen LogP contribution in [0.25, 0.3) is 0 Å². The summed E-state index contributed by atoms with van der Waals surface area (Å²) < 4.78 is 3.05. The van der Waals surface area contributed by atoms with Crippen molar-refractivity contribution in [2.75, 3.05) is 20.1 Å². The Balaban J connectivity index is 1.68. The van der Waals surface area contributed by atoms with Crippen molar-refractivity contribution in [3.8, 4) is 0 Å². The highest BCUT2D eigenvalue weighted by molar-refractivity contribution is 9.10. The molecule has 2 heterocycles. The first-order chi connectivity index (χ1) is 10.1. The molecule has 5 nitrogen and oxygen atoms in total. The van der Waals surface area contributed by atoms with E-state index in [4.69, 9.17) is 0 Å². The Bertz CT molecular complexity index is 557. The van der Waals surface area contributed by atoms with Gasteiger partial charge in [0.1, 0.15) is 5.69 Å². The van der Waals surface area contributed by atoms with Gasteiger partial charge in [0.25, 0.3) is 5.91 Å². The first kappa shape index (κ1) is 14.6. The maximum atomic E-state index is 12.7. The molecule has 0 radical (unpaired) electrons. The van der Waals surface area contributed by atoms with E-state index in [1.807, 2.05) is 17.2 Å². The first-order valence-electron chi connectivity index (χ1n) is 7.48. The number of piperidine rings is 1. The smallest absolute Gasteiger partial charge is 0.270 e. The number of likely N-dealkylation sites (tertiary alicyclic amines) is 1. The lowest BCUT2D eigenvalue weighted by Crippen LogP contribution is -2.42. The van der Waals surface area contributed by atoms with Gasteiger partial charge < -0.3 is 14.8 Å². The number of nitrogens with one attached hydrogen (secondary N) is 1. The summed E-state index contributed by atoms with van der Waals surface area (Å²) in [5, 5.41) is 2.69. The summed E-state index contributed by atoms with van der Waals surface area (Å²) in [5.74, 6) is 0.218. The molecule has 1 saturated carbocycles. The van der Waals surface area contributed by atoms with Crippen LogP contribution in [0.5, 0.6) is 0 Å². The number of carbonyl (C=O) groups is 2. The number of halogens is 1. The van der Waals surface area contributed by atoms with E-state index in [9.17, 15) is 9.59 Å². The minimum atomic E-state index is 0.0426. The van der Waals surface area contributed by atoms with Gasteiger partial charge in [0.05, 0.1) is 0 Å². The Labute approximate surface area is 132 Å². The van der Waals surface area contributed by atoms with Crippen LogP contribution in [0.15, 0.2) is 16.7 Å². The van der Waals surface area contributed by atoms with Crippen LogP contribution in [-0.2, 0) is 4.79 Å². The molecule has 6 heteroatoms. The van der Waals surface area contributed by atoms with Gasteiger partial charge in [-0.1, -0.05) is 0 Å². The minimum absolute atomic E-state index is 0.0426. The standard InChI is InChI=1S/C15H20BrN3O2/c1-17-14(20)10-4-6-18(7-5-10)15(21)13-8-11(16)9-19(13)12-2-3-12/h8-10,12H,2-7H2,1H3,(H,17,20). The summed E-state index contributed by atoms with van der Waals surface area (Å²) in [7, 11) is 1.67. The molecule has 0 unspecified atom stereocenters. The molecule has 0 bridgehead atoms. The molecule has 1 aliphatic heterocycles. The zero-order valence-corrected chi connectivity index (χ0v) is 13.7. The number of nitrogens with zero attached hydrogens (tertiary/aromatic N) is 2. The number of hydrogen-bond donors (Lipinski definition) is 1. The number of amides is 2. The lowest BCUT2D eigenvalue weighted by molar-refractivity contribution is -0.125. The van der Waals surface area contributed by atoms with E-state index in [0.29, 0.717) is 19.1 Å². The van der Waals surface area contributed by atoms with Crippen LogP contribution in [0.4, 0.5) is 0 Å². The normalized spacial score (nSPS) is 19.6. The van der Waals surface area contributed by atoms with E-state index in [0.717, 1.165) is 35.8 Å². The van der Waals surface area contributed by atoms with Crippen molar-refractivity contribution >= 4 is 27.7 Å². The lowest BCUT2D eigenvalue weighted by Gasteiger charge is -2.31. The molecule has 1 N–H and O–H groups in total. The van der Waals surface area contributed by atoms with E-state index >= 15 is 0 Å².